The fourth-order valence-electron chi connectivity index (χ4n) is 4.34. The molecule has 0 amide bonds. The Balaban J connectivity index is 0.000000383. The minimum atomic E-state index is -5.08. The summed E-state index contributed by atoms with van der Waals surface area (Å²) in [4.78, 5) is 23.1. The van der Waals surface area contributed by atoms with Crippen molar-refractivity contribution in [2.24, 2.45) is 5.41 Å². The summed E-state index contributed by atoms with van der Waals surface area (Å²) >= 11 is 1.81. The molecule has 2 fully saturated rings. The van der Waals surface area contributed by atoms with Crippen LogP contribution in [0.2, 0.25) is 0 Å². The molecule has 7 nitrogen and oxygen atoms in total. The average molecular weight is 551 g/mol. The summed E-state index contributed by atoms with van der Waals surface area (Å²) in [5, 5.41) is 18.7. The van der Waals surface area contributed by atoms with Gasteiger partial charge in [0, 0.05) is 32.3 Å². The average Bonchev–Trinajstić information content (AvgIpc) is 3.38. The van der Waals surface area contributed by atoms with E-state index in [1.807, 2.05) is 18.4 Å². The van der Waals surface area contributed by atoms with Crippen molar-refractivity contribution in [2.45, 2.75) is 64.1 Å². The smallest absolute Gasteiger partial charge is 0.475 e. The second-order valence-electron chi connectivity index (χ2n) is 9.09. The number of methoxy groups -OCH3 is 1. The van der Waals surface area contributed by atoms with Crippen molar-refractivity contribution in [3.8, 4) is 0 Å². The standard InChI is InChI=1S/C18H30N2OS.2C2HF3O2/c1-15(2)20-14-18(10-17(20)12-21-3)5-7-19(8-6-18)11-16-4-9-22-13-16;2*3-2(4,5)1(6)7/h4,9,13,15,17H,5-8,10-12,14H2,1-3H3;2*(H,6,7). The topological polar surface area (TPSA) is 90.3 Å². The van der Waals surface area contributed by atoms with Crippen LogP contribution in [0.1, 0.15) is 38.7 Å². The molecular weight excluding hydrogens is 518 g/mol. The molecule has 0 saturated carbocycles. The van der Waals surface area contributed by atoms with Gasteiger partial charge in [0.15, 0.2) is 0 Å². The second kappa shape index (κ2) is 13.6. The molecule has 1 unspecified atom stereocenters. The number of halogens is 6. The van der Waals surface area contributed by atoms with E-state index in [4.69, 9.17) is 24.5 Å². The number of nitrogens with zero attached hydrogens (tertiary/aromatic N) is 2. The quantitative estimate of drug-likeness (QED) is 0.513. The van der Waals surface area contributed by atoms with Gasteiger partial charge in [0.2, 0.25) is 0 Å². The van der Waals surface area contributed by atoms with Gasteiger partial charge in [0.05, 0.1) is 6.61 Å². The number of thiophene rings is 1. The first kappa shape index (κ1) is 32.1. The lowest BCUT2D eigenvalue weighted by molar-refractivity contribution is -0.193. The van der Waals surface area contributed by atoms with Crippen molar-refractivity contribution in [2.75, 3.05) is 33.4 Å². The number of likely N-dealkylation sites (tertiary alicyclic amines) is 2. The molecule has 1 aromatic heterocycles. The molecule has 0 aromatic carbocycles. The number of carbonyl (C=O) groups is 2. The van der Waals surface area contributed by atoms with Gasteiger partial charge in [-0.3, -0.25) is 9.80 Å². The molecule has 0 aliphatic carbocycles. The van der Waals surface area contributed by atoms with Crippen LogP contribution in [0, 0.1) is 5.41 Å². The van der Waals surface area contributed by atoms with Gasteiger partial charge in [0.25, 0.3) is 0 Å². The number of carboxylic acids is 2. The van der Waals surface area contributed by atoms with E-state index in [0.29, 0.717) is 17.5 Å². The molecule has 3 rings (SSSR count). The lowest BCUT2D eigenvalue weighted by Crippen LogP contribution is -2.42. The lowest BCUT2D eigenvalue weighted by atomic mass is 9.76. The van der Waals surface area contributed by atoms with E-state index in [2.05, 4.69) is 40.5 Å². The molecule has 2 aliphatic rings. The summed E-state index contributed by atoms with van der Waals surface area (Å²) in [6.45, 7) is 10.4. The fraction of sp³-hybridized carbons (Fsp3) is 0.727. The Morgan fingerprint density at radius 2 is 1.61 bits per heavy atom. The van der Waals surface area contributed by atoms with Gasteiger partial charge < -0.3 is 14.9 Å². The molecule has 2 aliphatic heterocycles. The van der Waals surface area contributed by atoms with E-state index < -0.39 is 24.3 Å². The number of aliphatic carboxylic acids is 2. The minimum Gasteiger partial charge on any atom is -0.475 e. The van der Waals surface area contributed by atoms with E-state index in [1.54, 1.807) is 0 Å². The third-order valence-electron chi connectivity index (χ3n) is 6.07. The summed E-state index contributed by atoms with van der Waals surface area (Å²) in [7, 11) is 1.84. The number of alkyl halides is 6. The molecule has 3 heterocycles. The molecule has 0 radical (unpaired) electrons. The van der Waals surface area contributed by atoms with Crippen LogP contribution in [0.25, 0.3) is 0 Å². The van der Waals surface area contributed by atoms with Gasteiger partial charge in [-0.05, 0) is 74.0 Å². The SMILES string of the molecule is COCC1CC2(CCN(Cc3ccsc3)CC2)CN1C(C)C.O=C(O)C(F)(F)F.O=C(O)C(F)(F)F. The van der Waals surface area contributed by atoms with Crippen LogP contribution in [0.5, 0.6) is 0 Å². The molecule has 1 aromatic rings. The van der Waals surface area contributed by atoms with Crippen molar-refractivity contribution in [1.82, 2.24) is 9.80 Å². The summed E-state index contributed by atoms with van der Waals surface area (Å²) in [6.07, 6.45) is -6.15. The summed E-state index contributed by atoms with van der Waals surface area (Å²) in [5.74, 6) is -5.51. The van der Waals surface area contributed by atoms with Crippen molar-refractivity contribution in [3.63, 3.8) is 0 Å². The van der Waals surface area contributed by atoms with Gasteiger partial charge in [-0.2, -0.15) is 37.7 Å². The van der Waals surface area contributed by atoms with Crippen LogP contribution >= 0.6 is 11.3 Å². The number of hydrogen-bond donors (Lipinski definition) is 2. The number of rotatable bonds is 5. The van der Waals surface area contributed by atoms with E-state index in [-0.39, 0.29) is 0 Å². The maximum Gasteiger partial charge on any atom is 0.490 e. The van der Waals surface area contributed by atoms with Crippen LogP contribution in [0.3, 0.4) is 0 Å². The minimum absolute atomic E-state index is 0.540. The molecular formula is C22H32F6N2O5S. The number of hydrogen-bond acceptors (Lipinski definition) is 6. The normalized spacial score (nSPS) is 20.4. The van der Waals surface area contributed by atoms with Gasteiger partial charge in [-0.15, -0.1) is 0 Å². The third-order valence-corrected chi connectivity index (χ3v) is 6.80. The van der Waals surface area contributed by atoms with Crippen LogP contribution in [-0.4, -0.2) is 89.7 Å². The first-order valence-electron chi connectivity index (χ1n) is 11.1. The third kappa shape index (κ3) is 10.6. The number of carboxylic acid groups (broad SMARTS) is 2. The second-order valence-corrected chi connectivity index (χ2v) is 9.87. The molecule has 14 heteroatoms. The zero-order chi connectivity index (χ0) is 27.7. The number of piperidine rings is 1. The summed E-state index contributed by atoms with van der Waals surface area (Å²) in [5.41, 5.74) is 2.02. The highest BCUT2D eigenvalue weighted by molar-refractivity contribution is 7.07. The lowest BCUT2D eigenvalue weighted by Gasteiger charge is -2.39. The first-order chi connectivity index (χ1) is 16.5. The zero-order valence-electron chi connectivity index (χ0n) is 20.2. The highest BCUT2D eigenvalue weighted by Crippen LogP contribution is 2.44. The Morgan fingerprint density at radius 3 is 1.97 bits per heavy atom. The summed E-state index contributed by atoms with van der Waals surface area (Å²) < 4.78 is 69.0. The van der Waals surface area contributed by atoms with Gasteiger partial charge in [-0.25, -0.2) is 9.59 Å². The van der Waals surface area contributed by atoms with E-state index >= 15 is 0 Å². The maximum absolute atomic E-state index is 10.6. The van der Waals surface area contributed by atoms with Crippen molar-refractivity contribution in [1.29, 1.82) is 0 Å². The van der Waals surface area contributed by atoms with E-state index in [1.165, 1.54) is 44.5 Å². The van der Waals surface area contributed by atoms with Crippen molar-refractivity contribution in [3.05, 3.63) is 22.4 Å². The van der Waals surface area contributed by atoms with E-state index in [0.717, 1.165) is 13.2 Å². The monoisotopic (exact) mass is 550 g/mol. The van der Waals surface area contributed by atoms with Gasteiger partial charge in [-0.1, -0.05) is 0 Å². The Kier molecular flexibility index (Phi) is 12.1. The highest BCUT2D eigenvalue weighted by atomic mass is 32.1. The zero-order valence-corrected chi connectivity index (χ0v) is 21.0. The maximum atomic E-state index is 10.6. The Hall–Kier alpha value is -1.90. The summed E-state index contributed by atoms with van der Waals surface area (Å²) in [6, 6.07) is 3.51. The molecule has 1 spiro atoms. The Morgan fingerprint density at radius 1 is 1.11 bits per heavy atom. The largest absolute Gasteiger partial charge is 0.490 e. The molecule has 2 N–H and O–H groups in total. The van der Waals surface area contributed by atoms with Crippen LogP contribution in [0.15, 0.2) is 16.8 Å². The van der Waals surface area contributed by atoms with Crippen LogP contribution < -0.4 is 0 Å². The van der Waals surface area contributed by atoms with Crippen molar-refractivity contribution >= 4 is 23.3 Å². The van der Waals surface area contributed by atoms with Gasteiger partial charge in [0.1, 0.15) is 0 Å². The van der Waals surface area contributed by atoms with Crippen LogP contribution in [0.4, 0.5) is 26.3 Å². The van der Waals surface area contributed by atoms with Crippen molar-refractivity contribution < 1.29 is 50.9 Å². The molecule has 36 heavy (non-hydrogen) atoms. The Labute approximate surface area is 209 Å². The molecule has 2 saturated heterocycles. The fourth-order valence-corrected chi connectivity index (χ4v) is 5.00. The molecule has 1 atom stereocenters. The van der Waals surface area contributed by atoms with E-state index in [9.17, 15) is 26.3 Å². The first-order valence-corrected chi connectivity index (χ1v) is 12.0. The van der Waals surface area contributed by atoms with Gasteiger partial charge >= 0.3 is 24.3 Å². The predicted octanol–water partition coefficient (Wildman–Crippen LogP) is 4.73. The molecule has 0 bridgehead atoms. The number of ether oxygens (including phenoxy) is 1. The highest BCUT2D eigenvalue weighted by Gasteiger charge is 2.46. The Bertz CT molecular complexity index is 785. The van der Waals surface area contributed by atoms with Crippen LogP contribution in [-0.2, 0) is 20.9 Å². The molecule has 208 valence electrons. The predicted molar refractivity (Wildman–Crippen MR) is 121 cm³/mol.